The summed E-state index contributed by atoms with van der Waals surface area (Å²) in [6, 6.07) is 13.7. The highest BCUT2D eigenvalue weighted by atomic mass is 32.1. The van der Waals surface area contributed by atoms with E-state index in [1.807, 2.05) is 6.07 Å². The van der Waals surface area contributed by atoms with E-state index in [4.69, 9.17) is 19.9 Å². The Balaban J connectivity index is 1.83. The molecule has 152 valence electrons. The molecule has 0 bridgehead atoms. The minimum Gasteiger partial charge on any atom is -0.493 e. The minimum atomic E-state index is -0.167. The Labute approximate surface area is 175 Å². The Morgan fingerprint density at radius 2 is 1.55 bits per heavy atom. The number of hydrogen-bond acceptors (Lipinski definition) is 6. The fourth-order valence-corrected chi connectivity index (χ4v) is 4.07. The van der Waals surface area contributed by atoms with Crippen LogP contribution in [0, 0.1) is 6.92 Å². The first kappa shape index (κ1) is 20.7. The number of benzene rings is 2. The maximum Gasteiger partial charge on any atom is 0.203 e. The van der Waals surface area contributed by atoms with E-state index in [9.17, 15) is 4.79 Å². The molecule has 1 heterocycles. The summed E-state index contributed by atoms with van der Waals surface area (Å²) in [5.74, 6) is 1.15. The fourth-order valence-electron chi connectivity index (χ4n) is 3.15. The van der Waals surface area contributed by atoms with E-state index in [0.717, 1.165) is 17.7 Å². The second-order valence-electron chi connectivity index (χ2n) is 6.72. The van der Waals surface area contributed by atoms with Crippen LogP contribution in [-0.4, -0.2) is 27.1 Å². The lowest BCUT2D eigenvalue weighted by atomic mass is 10.0. The molecule has 3 aromatic rings. The lowest BCUT2D eigenvalue weighted by Crippen LogP contribution is -2.05. The quantitative estimate of drug-likeness (QED) is 0.545. The van der Waals surface area contributed by atoms with Gasteiger partial charge in [0.15, 0.2) is 17.3 Å². The van der Waals surface area contributed by atoms with Crippen molar-refractivity contribution in [1.29, 1.82) is 0 Å². The van der Waals surface area contributed by atoms with Crippen molar-refractivity contribution in [2.24, 2.45) is 0 Å². The number of methoxy groups -OCH3 is 3. The van der Waals surface area contributed by atoms with Gasteiger partial charge in [0, 0.05) is 10.4 Å². The van der Waals surface area contributed by atoms with Crippen LogP contribution in [0.4, 0.5) is 5.00 Å². The Morgan fingerprint density at radius 3 is 2.10 bits per heavy atom. The smallest absolute Gasteiger partial charge is 0.203 e. The fraction of sp³-hybridized carbons (Fsp3) is 0.261. The van der Waals surface area contributed by atoms with Crippen LogP contribution in [0.2, 0.25) is 0 Å². The molecule has 3 rings (SSSR count). The van der Waals surface area contributed by atoms with Crippen LogP contribution in [-0.2, 0) is 12.8 Å². The Bertz CT molecular complexity index is 983. The zero-order valence-corrected chi connectivity index (χ0v) is 17.9. The molecular weight excluding hydrogens is 386 g/mol. The van der Waals surface area contributed by atoms with Gasteiger partial charge in [0.2, 0.25) is 5.75 Å². The van der Waals surface area contributed by atoms with Crippen LogP contribution < -0.4 is 19.9 Å². The highest BCUT2D eigenvalue weighted by Gasteiger charge is 2.21. The number of rotatable bonds is 8. The monoisotopic (exact) mass is 411 g/mol. The number of carbonyl (C=O) groups excluding carboxylic acids is 1. The summed E-state index contributed by atoms with van der Waals surface area (Å²) in [5, 5.41) is 0.516. The highest BCUT2D eigenvalue weighted by Crippen LogP contribution is 2.39. The van der Waals surface area contributed by atoms with Gasteiger partial charge in [-0.2, -0.15) is 0 Å². The lowest BCUT2D eigenvalue weighted by molar-refractivity contribution is 0.103. The number of hydrogen-bond donors (Lipinski definition) is 1. The third kappa shape index (κ3) is 4.54. The average Bonchev–Trinajstić information content (AvgIpc) is 3.12. The van der Waals surface area contributed by atoms with E-state index in [0.29, 0.717) is 33.4 Å². The van der Waals surface area contributed by atoms with Crippen molar-refractivity contribution >= 4 is 22.1 Å². The van der Waals surface area contributed by atoms with Crippen LogP contribution in [0.25, 0.3) is 0 Å². The van der Waals surface area contributed by atoms with Gasteiger partial charge in [-0.25, -0.2) is 0 Å². The SMILES string of the molecule is COc1cc(C(=O)c2cc(CCc3ccc(C)cc3)sc2N)cc(OC)c1OC. The first-order valence-electron chi connectivity index (χ1n) is 9.25. The molecule has 0 atom stereocenters. The molecule has 5 nitrogen and oxygen atoms in total. The molecule has 0 amide bonds. The maximum absolute atomic E-state index is 13.1. The molecular formula is C23H25NO4S. The molecule has 29 heavy (non-hydrogen) atoms. The van der Waals surface area contributed by atoms with E-state index in [1.54, 1.807) is 12.1 Å². The van der Waals surface area contributed by atoms with Crippen LogP contribution in [0.1, 0.15) is 31.9 Å². The predicted molar refractivity (Wildman–Crippen MR) is 117 cm³/mol. The maximum atomic E-state index is 13.1. The van der Waals surface area contributed by atoms with Crippen molar-refractivity contribution in [3.63, 3.8) is 0 Å². The normalized spacial score (nSPS) is 10.6. The standard InChI is InChI=1S/C23H25NO4S/c1-14-5-7-15(8-6-14)9-10-17-13-18(23(24)29-17)21(25)16-11-19(26-2)22(28-4)20(12-16)27-3/h5-8,11-13H,9-10,24H2,1-4H3. The van der Waals surface area contributed by atoms with Gasteiger partial charge in [-0.1, -0.05) is 29.8 Å². The van der Waals surface area contributed by atoms with E-state index in [-0.39, 0.29) is 5.78 Å². The average molecular weight is 412 g/mol. The van der Waals surface area contributed by atoms with Crippen molar-refractivity contribution in [3.05, 3.63) is 69.6 Å². The molecule has 0 aliphatic heterocycles. The largest absolute Gasteiger partial charge is 0.493 e. The number of carbonyl (C=O) groups is 1. The summed E-state index contributed by atoms with van der Waals surface area (Å²) in [7, 11) is 4.57. The third-order valence-corrected chi connectivity index (χ3v) is 5.79. The van der Waals surface area contributed by atoms with Gasteiger partial charge in [0.05, 0.1) is 31.9 Å². The van der Waals surface area contributed by atoms with Crippen LogP contribution in [0.5, 0.6) is 17.2 Å². The van der Waals surface area contributed by atoms with E-state index < -0.39 is 0 Å². The van der Waals surface area contributed by atoms with Gasteiger partial charge in [-0.05, 0) is 43.5 Å². The van der Waals surface area contributed by atoms with Crippen molar-refractivity contribution in [1.82, 2.24) is 0 Å². The van der Waals surface area contributed by atoms with E-state index in [1.165, 1.54) is 43.8 Å². The second kappa shape index (κ2) is 9.01. The molecule has 0 aliphatic rings. The van der Waals surface area contributed by atoms with Crippen molar-refractivity contribution in [2.75, 3.05) is 27.1 Å². The van der Waals surface area contributed by atoms with Crippen molar-refractivity contribution in [2.45, 2.75) is 19.8 Å². The van der Waals surface area contributed by atoms with Gasteiger partial charge in [-0.15, -0.1) is 11.3 Å². The summed E-state index contributed by atoms with van der Waals surface area (Å²) in [6.45, 7) is 2.07. The van der Waals surface area contributed by atoms with Gasteiger partial charge in [0.1, 0.15) is 0 Å². The van der Waals surface area contributed by atoms with Crippen molar-refractivity contribution in [3.8, 4) is 17.2 Å². The number of ether oxygens (including phenoxy) is 3. The molecule has 6 heteroatoms. The van der Waals surface area contributed by atoms with Gasteiger partial charge in [0.25, 0.3) is 0 Å². The number of ketones is 1. The summed E-state index contributed by atoms with van der Waals surface area (Å²) in [6.07, 6.45) is 1.73. The predicted octanol–water partition coefficient (Wildman–Crippen LogP) is 4.68. The summed E-state index contributed by atoms with van der Waals surface area (Å²) >= 11 is 1.46. The summed E-state index contributed by atoms with van der Waals surface area (Å²) in [4.78, 5) is 14.2. The van der Waals surface area contributed by atoms with E-state index >= 15 is 0 Å². The zero-order valence-electron chi connectivity index (χ0n) is 17.1. The molecule has 2 N–H and O–H groups in total. The third-order valence-electron chi connectivity index (χ3n) is 4.76. The zero-order chi connectivity index (χ0) is 21.0. The molecule has 0 unspecified atom stereocenters. The van der Waals surface area contributed by atoms with Gasteiger partial charge in [-0.3, -0.25) is 4.79 Å². The Hall–Kier alpha value is -2.99. The molecule has 0 spiro atoms. The highest BCUT2D eigenvalue weighted by molar-refractivity contribution is 7.16. The number of anilines is 1. The van der Waals surface area contributed by atoms with Crippen LogP contribution in [0.3, 0.4) is 0 Å². The Morgan fingerprint density at radius 1 is 0.931 bits per heavy atom. The van der Waals surface area contributed by atoms with E-state index in [2.05, 4.69) is 31.2 Å². The lowest BCUT2D eigenvalue weighted by Gasteiger charge is -2.13. The molecule has 0 saturated heterocycles. The number of nitrogen functional groups attached to an aromatic ring is 1. The number of nitrogens with two attached hydrogens (primary N) is 1. The molecule has 0 fully saturated rings. The first-order valence-corrected chi connectivity index (χ1v) is 10.1. The van der Waals surface area contributed by atoms with Crippen LogP contribution in [0.15, 0.2) is 42.5 Å². The molecule has 0 radical (unpaired) electrons. The van der Waals surface area contributed by atoms with Gasteiger partial charge < -0.3 is 19.9 Å². The second-order valence-corrected chi connectivity index (χ2v) is 7.89. The Kier molecular flexibility index (Phi) is 6.44. The minimum absolute atomic E-state index is 0.167. The number of aryl methyl sites for hydroxylation is 3. The van der Waals surface area contributed by atoms with Crippen LogP contribution >= 0.6 is 11.3 Å². The summed E-state index contributed by atoms with van der Waals surface area (Å²) < 4.78 is 16.0. The topological polar surface area (TPSA) is 70.8 Å². The molecule has 2 aromatic carbocycles. The van der Waals surface area contributed by atoms with Crippen molar-refractivity contribution < 1.29 is 19.0 Å². The molecule has 0 saturated carbocycles. The number of thiophene rings is 1. The molecule has 0 aliphatic carbocycles. The van der Waals surface area contributed by atoms with Gasteiger partial charge >= 0.3 is 0 Å². The first-order chi connectivity index (χ1) is 14.0. The molecule has 1 aromatic heterocycles. The summed E-state index contributed by atoms with van der Waals surface area (Å²) in [5.41, 5.74) is 9.62.